The van der Waals surface area contributed by atoms with Gasteiger partial charge in [-0.05, 0) is 44.4 Å². The smallest absolute Gasteiger partial charge is 0.320 e. The Balaban J connectivity index is 1.36. The SMILES string of the molecule is NC1NCC2N=C(CN[C@H]3CC[C@@H](C(O)N[C@@H](CCC(O)NCCO)C(=O)O)CC3)CNC2N1. The molecule has 12 N–H and O–H groups in total. The van der Waals surface area contributed by atoms with Gasteiger partial charge in [-0.15, -0.1) is 0 Å². The lowest BCUT2D eigenvalue weighted by atomic mass is 9.84. The molecule has 196 valence electrons. The minimum atomic E-state index is -1.06. The van der Waals surface area contributed by atoms with Gasteiger partial charge < -0.3 is 31.5 Å². The highest BCUT2D eigenvalue weighted by atomic mass is 16.4. The molecule has 2 aliphatic heterocycles. The van der Waals surface area contributed by atoms with E-state index < -0.39 is 24.5 Å². The number of fused-ring (bicyclic) bond motifs is 1. The quantitative estimate of drug-likeness (QED) is 0.114. The molecule has 0 radical (unpaired) electrons. The summed E-state index contributed by atoms with van der Waals surface area (Å²) in [6.07, 6.45) is 1.82. The zero-order valence-electron chi connectivity index (χ0n) is 19.6. The predicted octanol–water partition coefficient (Wildman–Crippen LogP) is -3.65. The molecule has 13 nitrogen and oxygen atoms in total. The summed E-state index contributed by atoms with van der Waals surface area (Å²) in [5.74, 6) is -1.08. The highest BCUT2D eigenvalue weighted by Gasteiger charge is 2.32. The Bertz CT molecular complexity index is 663. The molecule has 34 heavy (non-hydrogen) atoms. The zero-order chi connectivity index (χ0) is 24.5. The Kier molecular flexibility index (Phi) is 11.0. The Hall–Kier alpha value is -1.26. The van der Waals surface area contributed by atoms with Gasteiger partial charge >= 0.3 is 5.97 Å². The summed E-state index contributed by atoms with van der Waals surface area (Å²) in [5.41, 5.74) is 6.94. The molecule has 0 aromatic heterocycles. The first kappa shape index (κ1) is 27.3. The molecule has 1 saturated carbocycles. The number of rotatable bonds is 13. The van der Waals surface area contributed by atoms with E-state index in [0.717, 1.165) is 37.9 Å². The van der Waals surface area contributed by atoms with Crippen molar-refractivity contribution in [3.8, 4) is 0 Å². The molecule has 2 fully saturated rings. The number of carboxylic acid groups (broad SMARTS) is 1. The molecule has 0 amide bonds. The maximum Gasteiger partial charge on any atom is 0.320 e. The molecule has 0 aromatic carbocycles. The van der Waals surface area contributed by atoms with Gasteiger partial charge in [-0.2, -0.15) is 0 Å². The van der Waals surface area contributed by atoms with Crippen molar-refractivity contribution in [3.05, 3.63) is 0 Å². The summed E-state index contributed by atoms with van der Waals surface area (Å²) in [7, 11) is 0. The molecule has 1 saturated heterocycles. The molecule has 3 rings (SSSR count). The molecule has 3 aliphatic rings. The predicted molar refractivity (Wildman–Crippen MR) is 127 cm³/mol. The lowest BCUT2D eigenvalue weighted by molar-refractivity contribution is -0.141. The molecule has 1 aliphatic carbocycles. The van der Waals surface area contributed by atoms with Gasteiger partial charge in [0.2, 0.25) is 0 Å². The van der Waals surface area contributed by atoms with E-state index in [9.17, 15) is 20.1 Å². The maximum atomic E-state index is 11.6. The number of hydrogen-bond donors (Lipinski definition) is 11. The van der Waals surface area contributed by atoms with E-state index in [1.165, 1.54) is 0 Å². The van der Waals surface area contributed by atoms with Crippen LogP contribution in [0.4, 0.5) is 0 Å². The van der Waals surface area contributed by atoms with Crippen LogP contribution in [-0.2, 0) is 4.79 Å². The van der Waals surface area contributed by atoms with Crippen molar-refractivity contribution in [1.82, 2.24) is 31.9 Å². The number of carbonyl (C=O) groups is 1. The average molecular weight is 487 g/mol. The monoisotopic (exact) mass is 486 g/mol. The minimum Gasteiger partial charge on any atom is -0.480 e. The first-order chi connectivity index (χ1) is 16.4. The van der Waals surface area contributed by atoms with E-state index in [-0.39, 0.29) is 50.4 Å². The van der Waals surface area contributed by atoms with Gasteiger partial charge in [0, 0.05) is 37.9 Å². The van der Waals surface area contributed by atoms with Crippen LogP contribution in [0.2, 0.25) is 0 Å². The average Bonchev–Trinajstić information content (AvgIpc) is 2.83. The summed E-state index contributed by atoms with van der Waals surface area (Å²) in [5, 5.41) is 57.6. The minimum absolute atomic E-state index is 0.0182. The van der Waals surface area contributed by atoms with Crippen molar-refractivity contribution in [2.75, 3.05) is 32.8 Å². The molecule has 0 spiro atoms. The molecule has 2 heterocycles. The molecule has 0 aromatic rings. The van der Waals surface area contributed by atoms with Crippen molar-refractivity contribution in [2.45, 2.75) is 81.6 Å². The summed E-state index contributed by atoms with van der Waals surface area (Å²) < 4.78 is 0. The van der Waals surface area contributed by atoms with E-state index in [2.05, 4.69) is 31.9 Å². The standard InChI is InChI=1S/C21H42N8O5/c22-21-26-11-16-18(29-21)25-10-14(27-16)9-24-13-3-1-12(2-4-13)19(32)28-15(20(33)34)5-6-17(31)23-7-8-30/h12-13,15-19,21,23-26,28-32H,1-11,22H2,(H,33,34)/t12-,13+,15-,16?,17?,18?,19?,21?/m0/s1. The van der Waals surface area contributed by atoms with E-state index in [4.69, 9.17) is 15.8 Å². The third-order valence-corrected chi connectivity index (χ3v) is 6.87. The van der Waals surface area contributed by atoms with Crippen LogP contribution >= 0.6 is 0 Å². The van der Waals surface area contributed by atoms with Crippen molar-refractivity contribution < 1.29 is 25.2 Å². The molecule has 6 atom stereocenters. The normalized spacial score (nSPS) is 32.4. The second-order valence-electron chi connectivity index (χ2n) is 9.44. The van der Waals surface area contributed by atoms with E-state index >= 15 is 0 Å². The van der Waals surface area contributed by atoms with Crippen LogP contribution in [0.1, 0.15) is 38.5 Å². The maximum absolute atomic E-state index is 11.6. The number of nitrogens with two attached hydrogens (primary N) is 1. The van der Waals surface area contributed by atoms with Crippen LogP contribution in [0.3, 0.4) is 0 Å². The van der Waals surface area contributed by atoms with Gasteiger partial charge in [-0.25, -0.2) is 0 Å². The molecule has 0 bridgehead atoms. The second kappa shape index (κ2) is 13.7. The molecule has 13 heteroatoms. The summed E-state index contributed by atoms with van der Waals surface area (Å²) >= 11 is 0. The van der Waals surface area contributed by atoms with E-state index in [1.54, 1.807) is 0 Å². The van der Waals surface area contributed by atoms with Crippen molar-refractivity contribution in [1.29, 1.82) is 0 Å². The van der Waals surface area contributed by atoms with E-state index in [0.29, 0.717) is 19.1 Å². The fourth-order valence-corrected chi connectivity index (χ4v) is 4.84. The molecule has 5 unspecified atom stereocenters. The highest BCUT2D eigenvalue weighted by Crippen LogP contribution is 2.26. The molecular formula is C21H42N8O5. The lowest BCUT2D eigenvalue weighted by Gasteiger charge is -2.39. The number of aliphatic hydroxyl groups is 3. The second-order valence-corrected chi connectivity index (χ2v) is 9.44. The topological polar surface area (TPSA) is 209 Å². The summed E-state index contributed by atoms with van der Waals surface area (Å²) in [6, 6.07) is -0.491. The fourth-order valence-electron chi connectivity index (χ4n) is 4.84. The van der Waals surface area contributed by atoms with E-state index in [1.807, 2.05) is 0 Å². The van der Waals surface area contributed by atoms with Crippen LogP contribution in [0.25, 0.3) is 0 Å². The number of aliphatic hydroxyl groups excluding tert-OH is 3. The Morgan fingerprint density at radius 3 is 2.65 bits per heavy atom. The number of nitrogens with one attached hydrogen (secondary N) is 6. The summed E-state index contributed by atoms with van der Waals surface area (Å²) in [4.78, 5) is 16.4. The van der Waals surface area contributed by atoms with Gasteiger partial charge in [0.05, 0.1) is 18.8 Å². The van der Waals surface area contributed by atoms with Crippen LogP contribution in [-0.4, -0.2) is 108 Å². The zero-order valence-corrected chi connectivity index (χ0v) is 19.6. The van der Waals surface area contributed by atoms with Crippen LogP contribution in [0.15, 0.2) is 4.99 Å². The first-order valence-electron chi connectivity index (χ1n) is 12.3. The number of carboxylic acids is 1. The Morgan fingerprint density at radius 2 is 1.94 bits per heavy atom. The van der Waals surface area contributed by atoms with Crippen LogP contribution in [0, 0.1) is 5.92 Å². The van der Waals surface area contributed by atoms with Gasteiger partial charge in [-0.1, -0.05) is 0 Å². The van der Waals surface area contributed by atoms with Gasteiger partial charge in [0.25, 0.3) is 0 Å². The number of hydrogen-bond acceptors (Lipinski definition) is 12. The van der Waals surface area contributed by atoms with Crippen molar-refractivity contribution in [3.63, 3.8) is 0 Å². The Labute approximate surface area is 200 Å². The molecular weight excluding hydrogens is 444 g/mol. The van der Waals surface area contributed by atoms with Crippen molar-refractivity contribution in [2.24, 2.45) is 16.6 Å². The van der Waals surface area contributed by atoms with Crippen LogP contribution in [0.5, 0.6) is 0 Å². The van der Waals surface area contributed by atoms with Crippen LogP contribution < -0.4 is 37.6 Å². The highest BCUT2D eigenvalue weighted by molar-refractivity contribution is 5.89. The largest absolute Gasteiger partial charge is 0.480 e. The van der Waals surface area contributed by atoms with Gasteiger partial charge in [0.15, 0.2) is 0 Å². The fraction of sp³-hybridized carbons (Fsp3) is 0.905. The first-order valence-corrected chi connectivity index (χ1v) is 12.3. The van der Waals surface area contributed by atoms with Gasteiger partial charge in [0.1, 0.15) is 24.8 Å². The van der Waals surface area contributed by atoms with Crippen molar-refractivity contribution >= 4 is 11.7 Å². The number of nitrogens with zero attached hydrogens (tertiary/aromatic N) is 1. The Morgan fingerprint density at radius 1 is 1.18 bits per heavy atom. The third kappa shape index (κ3) is 8.45. The number of aliphatic imine (C=N–C) groups is 1. The third-order valence-electron chi connectivity index (χ3n) is 6.87. The number of aliphatic carboxylic acids is 1. The van der Waals surface area contributed by atoms with Gasteiger partial charge in [-0.3, -0.25) is 36.4 Å². The summed E-state index contributed by atoms with van der Waals surface area (Å²) in [6.45, 7) is 2.30. The lowest BCUT2D eigenvalue weighted by Crippen LogP contribution is -2.70.